The van der Waals surface area contributed by atoms with E-state index in [9.17, 15) is 13.2 Å². The highest BCUT2D eigenvalue weighted by Crippen LogP contribution is 2.22. The number of benzene rings is 1. The van der Waals surface area contributed by atoms with Crippen molar-refractivity contribution in [3.8, 4) is 0 Å². The minimum atomic E-state index is -3.37. The molecule has 6 nitrogen and oxygen atoms in total. The molecule has 1 N–H and O–H groups in total. The normalized spacial score (nSPS) is 15.2. The number of rotatable bonds is 10. The van der Waals surface area contributed by atoms with Crippen LogP contribution in [-0.4, -0.2) is 58.2 Å². The van der Waals surface area contributed by atoms with Crippen LogP contribution in [0.3, 0.4) is 0 Å². The fraction of sp³-hybridized carbons (Fsp3) is 0.632. The molecule has 1 saturated heterocycles. The summed E-state index contributed by atoms with van der Waals surface area (Å²) in [5.74, 6) is -0.00958. The molecule has 146 valence electrons. The first-order chi connectivity index (χ1) is 12.4. The van der Waals surface area contributed by atoms with Crippen molar-refractivity contribution in [3.63, 3.8) is 0 Å². The lowest BCUT2D eigenvalue weighted by molar-refractivity contribution is -0.121. The second-order valence-electron chi connectivity index (χ2n) is 6.98. The Morgan fingerprint density at radius 2 is 1.88 bits per heavy atom. The molecule has 1 aliphatic heterocycles. The predicted octanol–water partition coefficient (Wildman–Crippen LogP) is 2.14. The van der Waals surface area contributed by atoms with Gasteiger partial charge in [-0.15, -0.1) is 0 Å². The van der Waals surface area contributed by atoms with Gasteiger partial charge < -0.3 is 10.2 Å². The summed E-state index contributed by atoms with van der Waals surface area (Å²) in [5, 5.41) is 2.94. The Kier molecular flexibility index (Phi) is 7.90. The molecule has 2 rings (SSSR count). The smallest absolute Gasteiger partial charge is 0.232 e. The quantitative estimate of drug-likeness (QED) is 0.631. The highest BCUT2D eigenvalue weighted by atomic mass is 32.2. The number of carbonyl (C=O) groups is 1. The summed E-state index contributed by atoms with van der Waals surface area (Å²) in [7, 11) is -3.37. The average Bonchev–Trinajstić information content (AvgIpc) is 3.09. The summed E-state index contributed by atoms with van der Waals surface area (Å²) in [6, 6.07) is 7.40. The van der Waals surface area contributed by atoms with Crippen LogP contribution in [0.2, 0.25) is 0 Å². The van der Waals surface area contributed by atoms with Crippen molar-refractivity contribution in [2.45, 2.75) is 39.0 Å². The number of aryl methyl sites for hydroxylation is 1. The van der Waals surface area contributed by atoms with Crippen molar-refractivity contribution in [2.24, 2.45) is 0 Å². The Hall–Kier alpha value is -1.60. The molecule has 0 saturated carbocycles. The first-order valence-corrected chi connectivity index (χ1v) is 11.2. The van der Waals surface area contributed by atoms with Gasteiger partial charge in [0.15, 0.2) is 0 Å². The predicted molar refractivity (Wildman–Crippen MR) is 106 cm³/mol. The van der Waals surface area contributed by atoms with E-state index in [-0.39, 0.29) is 5.91 Å². The molecule has 0 atom stereocenters. The average molecular weight is 382 g/mol. The van der Waals surface area contributed by atoms with E-state index in [0.717, 1.165) is 18.5 Å². The maximum absolute atomic E-state index is 12.1. The lowest BCUT2D eigenvalue weighted by Crippen LogP contribution is -2.33. The zero-order chi connectivity index (χ0) is 19.0. The molecule has 1 heterocycles. The van der Waals surface area contributed by atoms with Gasteiger partial charge in [0.05, 0.1) is 11.9 Å². The Balaban J connectivity index is 1.73. The van der Waals surface area contributed by atoms with Gasteiger partial charge in [-0.1, -0.05) is 18.2 Å². The standard InChI is InChI=1S/C19H31N3O3S/c1-17-9-3-4-10-18(17)22(26(2,24)25)16-7-11-19(23)20-12-8-15-21-13-5-6-14-21/h3-4,9-10H,5-8,11-16H2,1-2H3,(H,20,23). The van der Waals surface area contributed by atoms with E-state index < -0.39 is 10.0 Å². The van der Waals surface area contributed by atoms with E-state index in [0.29, 0.717) is 31.6 Å². The Morgan fingerprint density at radius 3 is 2.54 bits per heavy atom. The number of likely N-dealkylation sites (tertiary alicyclic amines) is 1. The third kappa shape index (κ3) is 6.61. The van der Waals surface area contributed by atoms with Gasteiger partial charge in [0, 0.05) is 19.5 Å². The number of hydrogen-bond acceptors (Lipinski definition) is 4. The zero-order valence-electron chi connectivity index (χ0n) is 15.9. The number of carbonyl (C=O) groups excluding carboxylic acids is 1. The van der Waals surface area contributed by atoms with Crippen LogP contribution in [0.25, 0.3) is 0 Å². The van der Waals surface area contributed by atoms with Crippen LogP contribution in [0.5, 0.6) is 0 Å². The molecule has 1 aromatic carbocycles. The highest BCUT2D eigenvalue weighted by Gasteiger charge is 2.19. The van der Waals surface area contributed by atoms with Crippen LogP contribution in [0.15, 0.2) is 24.3 Å². The molecule has 0 bridgehead atoms. The summed E-state index contributed by atoms with van der Waals surface area (Å²) in [4.78, 5) is 14.4. The molecule has 0 aliphatic carbocycles. The fourth-order valence-electron chi connectivity index (χ4n) is 3.32. The first-order valence-electron chi connectivity index (χ1n) is 9.40. The van der Waals surface area contributed by atoms with Gasteiger partial charge in [-0.05, 0) is 63.9 Å². The first kappa shape index (κ1) is 20.7. The van der Waals surface area contributed by atoms with Crippen molar-refractivity contribution in [3.05, 3.63) is 29.8 Å². The van der Waals surface area contributed by atoms with E-state index in [1.807, 2.05) is 25.1 Å². The van der Waals surface area contributed by atoms with Crippen LogP contribution < -0.4 is 9.62 Å². The third-order valence-electron chi connectivity index (χ3n) is 4.72. The Morgan fingerprint density at radius 1 is 1.19 bits per heavy atom. The molecule has 0 radical (unpaired) electrons. The van der Waals surface area contributed by atoms with Gasteiger partial charge >= 0.3 is 0 Å². The summed E-state index contributed by atoms with van der Waals surface area (Å²) in [6.45, 7) is 6.27. The molecule has 0 aromatic heterocycles. The molecule has 0 unspecified atom stereocenters. The number of nitrogens with one attached hydrogen (secondary N) is 1. The van der Waals surface area contributed by atoms with Crippen molar-refractivity contribution < 1.29 is 13.2 Å². The molecule has 26 heavy (non-hydrogen) atoms. The molecular formula is C19H31N3O3S. The molecule has 1 aliphatic rings. The summed E-state index contributed by atoms with van der Waals surface area (Å²) in [6.07, 6.45) is 5.57. The topological polar surface area (TPSA) is 69.7 Å². The summed E-state index contributed by atoms with van der Waals surface area (Å²) in [5.41, 5.74) is 1.59. The second-order valence-corrected chi connectivity index (χ2v) is 8.88. The maximum atomic E-state index is 12.1. The minimum absolute atomic E-state index is 0.00958. The number of hydrogen-bond donors (Lipinski definition) is 1. The number of sulfonamides is 1. The number of para-hydroxylation sites is 1. The number of nitrogens with zero attached hydrogens (tertiary/aromatic N) is 2. The van der Waals surface area contributed by atoms with Crippen molar-refractivity contribution in [2.75, 3.05) is 43.3 Å². The van der Waals surface area contributed by atoms with Crippen LogP contribution in [-0.2, 0) is 14.8 Å². The van der Waals surface area contributed by atoms with Crippen LogP contribution >= 0.6 is 0 Å². The van der Waals surface area contributed by atoms with Gasteiger partial charge in [-0.25, -0.2) is 8.42 Å². The van der Waals surface area contributed by atoms with E-state index >= 15 is 0 Å². The maximum Gasteiger partial charge on any atom is 0.232 e. The molecule has 0 spiro atoms. The monoisotopic (exact) mass is 381 g/mol. The SMILES string of the molecule is Cc1ccccc1N(CCCC(=O)NCCCN1CCCC1)S(C)(=O)=O. The lowest BCUT2D eigenvalue weighted by Gasteiger charge is -2.24. The molecule has 7 heteroatoms. The lowest BCUT2D eigenvalue weighted by atomic mass is 10.2. The second kappa shape index (κ2) is 9.92. The zero-order valence-corrected chi connectivity index (χ0v) is 16.7. The van der Waals surface area contributed by atoms with E-state index in [2.05, 4.69) is 10.2 Å². The van der Waals surface area contributed by atoms with Crippen LogP contribution in [0.1, 0.15) is 37.7 Å². The Bertz CT molecular complexity index is 685. The largest absolute Gasteiger partial charge is 0.356 e. The van der Waals surface area contributed by atoms with Crippen molar-refractivity contribution in [1.29, 1.82) is 0 Å². The van der Waals surface area contributed by atoms with E-state index in [1.54, 1.807) is 6.07 Å². The van der Waals surface area contributed by atoms with Gasteiger partial charge in [-0.2, -0.15) is 0 Å². The molecule has 1 fully saturated rings. The van der Waals surface area contributed by atoms with Gasteiger partial charge in [0.25, 0.3) is 0 Å². The van der Waals surface area contributed by atoms with E-state index in [4.69, 9.17) is 0 Å². The van der Waals surface area contributed by atoms with Crippen LogP contribution in [0.4, 0.5) is 5.69 Å². The third-order valence-corrected chi connectivity index (χ3v) is 5.90. The van der Waals surface area contributed by atoms with Crippen LogP contribution in [0, 0.1) is 6.92 Å². The van der Waals surface area contributed by atoms with E-state index in [1.165, 1.54) is 36.5 Å². The summed E-state index contributed by atoms with van der Waals surface area (Å²) >= 11 is 0. The van der Waals surface area contributed by atoms with Gasteiger partial charge in [0.1, 0.15) is 0 Å². The molecule has 1 amide bonds. The number of anilines is 1. The number of amides is 1. The summed E-state index contributed by atoms with van der Waals surface area (Å²) < 4.78 is 25.6. The Labute approximate surface area is 157 Å². The van der Waals surface area contributed by atoms with Gasteiger partial charge in [-0.3, -0.25) is 9.10 Å². The molecular weight excluding hydrogens is 350 g/mol. The fourth-order valence-corrected chi connectivity index (χ4v) is 4.34. The van der Waals surface area contributed by atoms with Gasteiger partial charge in [0.2, 0.25) is 15.9 Å². The minimum Gasteiger partial charge on any atom is -0.356 e. The van der Waals surface area contributed by atoms with Crippen molar-refractivity contribution >= 4 is 21.6 Å². The van der Waals surface area contributed by atoms with Crippen molar-refractivity contribution in [1.82, 2.24) is 10.2 Å². The highest BCUT2D eigenvalue weighted by molar-refractivity contribution is 7.92. The molecule has 1 aromatic rings.